The predicted octanol–water partition coefficient (Wildman–Crippen LogP) is 2.68. The molecule has 18 heavy (non-hydrogen) atoms. The molecule has 0 saturated heterocycles. The van der Waals surface area contributed by atoms with Gasteiger partial charge in [0.2, 0.25) is 0 Å². The van der Waals surface area contributed by atoms with Crippen LogP contribution in [-0.4, -0.2) is 18.3 Å². The Morgan fingerprint density at radius 3 is 2.50 bits per heavy atom. The fraction of sp³-hybridized carbons (Fsp3) is 0.600. The van der Waals surface area contributed by atoms with Crippen molar-refractivity contribution in [2.24, 2.45) is 11.8 Å². The smallest absolute Gasteiger partial charge is 0.120 e. The minimum atomic E-state index is 0.355. The minimum absolute atomic E-state index is 0.355. The molecule has 2 aliphatic rings. The monoisotopic (exact) mass is 247 g/mol. The van der Waals surface area contributed by atoms with E-state index in [1.807, 2.05) is 6.07 Å². The minimum Gasteiger partial charge on any atom is -0.508 e. The van der Waals surface area contributed by atoms with Gasteiger partial charge in [-0.2, -0.15) is 0 Å². The molecule has 0 bridgehead atoms. The van der Waals surface area contributed by atoms with Gasteiger partial charge in [-0.25, -0.2) is 0 Å². The van der Waals surface area contributed by atoms with Gasteiger partial charge in [-0.3, -0.25) is 0 Å². The fourth-order valence-electron chi connectivity index (χ4n) is 2.69. The topological polar surface area (TPSA) is 41.5 Å². The molecule has 2 aliphatic carbocycles. The van der Waals surface area contributed by atoms with Crippen molar-refractivity contribution in [3.8, 4) is 11.5 Å². The number of aromatic hydroxyl groups is 1. The molecule has 0 aromatic heterocycles. The molecule has 2 saturated carbocycles. The molecule has 3 rings (SSSR count). The van der Waals surface area contributed by atoms with Crippen LogP contribution < -0.4 is 10.1 Å². The number of hydrogen-bond donors (Lipinski definition) is 2. The number of nitrogens with one attached hydrogen (secondary N) is 1. The van der Waals surface area contributed by atoms with Crippen molar-refractivity contribution in [3.63, 3.8) is 0 Å². The Balaban J connectivity index is 1.64. The van der Waals surface area contributed by atoms with Gasteiger partial charge < -0.3 is 15.2 Å². The highest BCUT2D eigenvalue weighted by Crippen LogP contribution is 2.44. The SMILES string of the molecule is COc1ccc(O)c(CNC(C2CC2)C2CC2)c1. The van der Waals surface area contributed by atoms with Crippen LogP contribution in [-0.2, 0) is 6.54 Å². The van der Waals surface area contributed by atoms with Crippen molar-refractivity contribution in [1.29, 1.82) is 0 Å². The van der Waals surface area contributed by atoms with Gasteiger partial charge in [0.05, 0.1) is 7.11 Å². The summed E-state index contributed by atoms with van der Waals surface area (Å²) in [6, 6.07) is 6.08. The average Bonchev–Trinajstić information content (AvgIpc) is 3.25. The largest absolute Gasteiger partial charge is 0.508 e. The lowest BCUT2D eigenvalue weighted by molar-refractivity contribution is 0.398. The zero-order chi connectivity index (χ0) is 12.5. The first kappa shape index (κ1) is 11.8. The molecule has 0 spiro atoms. The molecule has 2 N–H and O–H groups in total. The fourth-order valence-corrected chi connectivity index (χ4v) is 2.69. The second-order valence-corrected chi connectivity index (χ2v) is 5.58. The maximum absolute atomic E-state index is 9.86. The quantitative estimate of drug-likeness (QED) is 0.812. The Morgan fingerprint density at radius 1 is 1.28 bits per heavy atom. The molecule has 0 aliphatic heterocycles. The highest BCUT2D eigenvalue weighted by molar-refractivity contribution is 5.39. The van der Waals surface area contributed by atoms with Crippen LogP contribution in [0.3, 0.4) is 0 Å². The summed E-state index contributed by atoms with van der Waals surface area (Å²) in [5.74, 6) is 2.92. The van der Waals surface area contributed by atoms with Gasteiger partial charge >= 0.3 is 0 Å². The molecule has 1 aromatic rings. The second-order valence-electron chi connectivity index (χ2n) is 5.58. The van der Waals surface area contributed by atoms with Crippen LogP contribution in [0.1, 0.15) is 31.2 Å². The zero-order valence-electron chi connectivity index (χ0n) is 10.9. The van der Waals surface area contributed by atoms with E-state index in [-0.39, 0.29) is 0 Å². The molecule has 0 unspecified atom stereocenters. The third-order valence-electron chi connectivity index (χ3n) is 4.07. The molecule has 3 heteroatoms. The standard InChI is InChI=1S/C15H21NO2/c1-18-13-6-7-14(17)12(8-13)9-16-15(10-2-3-10)11-4-5-11/h6-8,10-11,15-17H,2-5,9H2,1H3. The average molecular weight is 247 g/mol. The van der Waals surface area contributed by atoms with Crippen molar-refractivity contribution in [3.05, 3.63) is 23.8 Å². The molecule has 98 valence electrons. The third kappa shape index (κ3) is 2.61. The van der Waals surface area contributed by atoms with Crippen molar-refractivity contribution < 1.29 is 9.84 Å². The zero-order valence-corrected chi connectivity index (χ0v) is 10.9. The summed E-state index contributed by atoms with van der Waals surface area (Å²) < 4.78 is 5.20. The highest BCUT2D eigenvalue weighted by atomic mass is 16.5. The highest BCUT2D eigenvalue weighted by Gasteiger charge is 2.40. The number of phenols is 1. The summed E-state index contributed by atoms with van der Waals surface area (Å²) in [4.78, 5) is 0. The molecule has 0 atom stereocenters. The summed E-state index contributed by atoms with van der Waals surface area (Å²) in [7, 11) is 1.65. The molecule has 0 radical (unpaired) electrons. The van der Waals surface area contributed by atoms with Crippen molar-refractivity contribution in [1.82, 2.24) is 5.32 Å². The van der Waals surface area contributed by atoms with Crippen LogP contribution in [0.4, 0.5) is 0 Å². The van der Waals surface area contributed by atoms with E-state index in [2.05, 4.69) is 5.32 Å². The summed E-state index contributed by atoms with van der Waals surface area (Å²) >= 11 is 0. The maximum atomic E-state index is 9.86. The van der Waals surface area contributed by atoms with Crippen LogP contribution in [0, 0.1) is 11.8 Å². The van der Waals surface area contributed by atoms with Crippen molar-refractivity contribution in [2.75, 3.05) is 7.11 Å². The van der Waals surface area contributed by atoms with Crippen LogP contribution in [0.2, 0.25) is 0 Å². The third-order valence-corrected chi connectivity index (χ3v) is 4.07. The lowest BCUT2D eigenvalue weighted by atomic mass is 10.1. The summed E-state index contributed by atoms with van der Waals surface area (Å²) in [6.07, 6.45) is 5.49. The van der Waals surface area contributed by atoms with Gasteiger partial charge in [0.25, 0.3) is 0 Å². The molecular formula is C15H21NO2. The first-order valence-corrected chi connectivity index (χ1v) is 6.87. The van der Waals surface area contributed by atoms with E-state index in [1.54, 1.807) is 19.2 Å². The lowest BCUT2D eigenvalue weighted by Gasteiger charge is -2.18. The molecule has 0 amide bonds. The molecule has 3 nitrogen and oxygen atoms in total. The van der Waals surface area contributed by atoms with E-state index in [1.165, 1.54) is 25.7 Å². The molecule has 1 aromatic carbocycles. The molecule has 0 heterocycles. The van der Waals surface area contributed by atoms with Crippen molar-refractivity contribution in [2.45, 2.75) is 38.3 Å². The Bertz CT molecular complexity index is 413. The van der Waals surface area contributed by atoms with Crippen LogP contribution in [0.25, 0.3) is 0 Å². The normalized spacial score (nSPS) is 19.2. The van der Waals surface area contributed by atoms with Gasteiger partial charge in [0.15, 0.2) is 0 Å². The molecule has 2 fully saturated rings. The van der Waals surface area contributed by atoms with Gasteiger partial charge in [-0.05, 0) is 55.7 Å². The Hall–Kier alpha value is -1.22. The van der Waals surface area contributed by atoms with Crippen molar-refractivity contribution >= 4 is 0 Å². The van der Waals surface area contributed by atoms with Crippen LogP contribution in [0.5, 0.6) is 11.5 Å². The number of phenolic OH excluding ortho intramolecular Hbond substituents is 1. The van der Waals surface area contributed by atoms with Gasteiger partial charge in [0, 0.05) is 18.2 Å². The number of rotatable bonds is 6. The summed E-state index contributed by atoms with van der Waals surface area (Å²) in [6.45, 7) is 0.737. The van der Waals surface area contributed by atoms with Gasteiger partial charge in [-0.15, -0.1) is 0 Å². The second kappa shape index (κ2) is 4.81. The van der Waals surface area contributed by atoms with E-state index >= 15 is 0 Å². The first-order valence-electron chi connectivity index (χ1n) is 6.87. The Kier molecular flexibility index (Phi) is 3.16. The van der Waals surface area contributed by atoms with Crippen LogP contribution >= 0.6 is 0 Å². The first-order chi connectivity index (χ1) is 8.78. The van der Waals surface area contributed by atoms with E-state index in [4.69, 9.17) is 4.74 Å². The molecular weight excluding hydrogens is 226 g/mol. The van der Waals surface area contributed by atoms with E-state index < -0.39 is 0 Å². The van der Waals surface area contributed by atoms with Gasteiger partial charge in [-0.1, -0.05) is 0 Å². The van der Waals surface area contributed by atoms with E-state index in [0.29, 0.717) is 11.8 Å². The summed E-state index contributed by atoms with van der Waals surface area (Å²) in [5.41, 5.74) is 0.931. The number of methoxy groups -OCH3 is 1. The van der Waals surface area contributed by atoms with Crippen LogP contribution in [0.15, 0.2) is 18.2 Å². The van der Waals surface area contributed by atoms with E-state index in [9.17, 15) is 5.11 Å². The Labute approximate surface area is 108 Å². The van der Waals surface area contributed by atoms with E-state index in [0.717, 1.165) is 29.7 Å². The predicted molar refractivity (Wildman–Crippen MR) is 70.7 cm³/mol. The number of ether oxygens (including phenoxy) is 1. The van der Waals surface area contributed by atoms with Gasteiger partial charge in [0.1, 0.15) is 11.5 Å². The summed E-state index contributed by atoms with van der Waals surface area (Å²) in [5, 5.41) is 13.5. The lowest BCUT2D eigenvalue weighted by Crippen LogP contribution is -2.32. The number of benzene rings is 1. The maximum Gasteiger partial charge on any atom is 0.120 e. The Morgan fingerprint density at radius 2 is 1.94 bits per heavy atom. The number of hydrogen-bond acceptors (Lipinski definition) is 3.